The molecule has 0 aromatic heterocycles. The third-order valence-electron chi connectivity index (χ3n) is 2.30. The topological polar surface area (TPSA) is 89.7 Å². The first-order valence-electron chi connectivity index (χ1n) is 4.94. The molecule has 17 heavy (non-hydrogen) atoms. The Kier molecular flexibility index (Phi) is 4.17. The van der Waals surface area contributed by atoms with Crippen LogP contribution in [-0.4, -0.2) is 35.3 Å². The van der Waals surface area contributed by atoms with Crippen molar-refractivity contribution in [3.8, 4) is 0 Å². The minimum absolute atomic E-state index is 0.151. The highest BCUT2D eigenvalue weighted by molar-refractivity contribution is 5.79. The van der Waals surface area contributed by atoms with Crippen LogP contribution in [0.1, 0.15) is 5.56 Å². The summed E-state index contributed by atoms with van der Waals surface area (Å²) in [6.07, 6.45) is -0.151. The number of hydrogen-bond acceptors (Lipinski definition) is 5. The van der Waals surface area contributed by atoms with E-state index in [1.165, 1.54) is 0 Å². The summed E-state index contributed by atoms with van der Waals surface area (Å²) in [4.78, 5) is 21.1. The highest BCUT2D eigenvalue weighted by Crippen LogP contribution is 2.15. The molecule has 0 unspecified atom stereocenters. The van der Waals surface area contributed by atoms with Crippen LogP contribution in [0.5, 0.6) is 0 Å². The molecule has 0 aliphatic carbocycles. The molecule has 1 rings (SSSR count). The molecule has 1 aromatic rings. The Morgan fingerprint density at radius 3 is 2.53 bits per heavy atom. The van der Waals surface area contributed by atoms with Crippen molar-refractivity contribution in [2.45, 2.75) is 12.0 Å². The molecule has 0 aliphatic rings. The molecule has 0 heterocycles. The van der Waals surface area contributed by atoms with Crippen molar-refractivity contribution in [2.24, 2.45) is 0 Å². The Morgan fingerprint density at radius 1 is 1.47 bits per heavy atom. The fourth-order valence-corrected chi connectivity index (χ4v) is 1.53. The molecule has 0 amide bonds. The van der Waals surface area contributed by atoms with E-state index in [4.69, 9.17) is 0 Å². The van der Waals surface area contributed by atoms with Gasteiger partial charge in [-0.3, -0.25) is 10.1 Å². The zero-order chi connectivity index (χ0) is 12.9. The van der Waals surface area contributed by atoms with Crippen molar-refractivity contribution >= 4 is 5.97 Å². The molecule has 0 aliphatic heterocycles. The number of rotatable bonds is 5. The van der Waals surface area contributed by atoms with Crippen molar-refractivity contribution in [1.82, 2.24) is 0 Å². The van der Waals surface area contributed by atoms with Gasteiger partial charge in [0.2, 0.25) is 12.1 Å². The molecule has 0 spiro atoms. The van der Waals surface area contributed by atoms with Crippen molar-refractivity contribution in [1.29, 1.82) is 0 Å². The maximum absolute atomic E-state index is 11.4. The third-order valence-corrected chi connectivity index (χ3v) is 2.30. The number of carbonyl (C=O) groups excluding carboxylic acids is 1. The molecular formula is C11H13NO5. The lowest BCUT2D eigenvalue weighted by Gasteiger charge is -2.20. The second kappa shape index (κ2) is 5.40. The maximum Gasteiger partial charge on any atom is 0.345 e. The van der Waals surface area contributed by atoms with Gasteiger partial charge in [0.25, 0.3) is 0 Å². The van der Waals surface area contributed by atoms with Crippen LogP contribution in [0.25, 0.3) is 0 Å². The number of nitro groups is 1. The first-order valence-corrected chi connectivity index (χ1v) is 4.94. The van der Waals surface area contributed by atoms with E-state index >= 15 is 0 Å². The number of ether oxygens (including phenoxy) is 1. The van der Waals surface area contributed by atoms with E-state index in [9.17, 15) is 20.0 Å². The zero-order valence-electron chi connectivity index (χ0n) is 9.33. The second-order valence-corrected chi connectivity index (χ2v) is 3.68. The molecule has 92 valence electrons. The normalized spacial score (nSPS) is 13.8. The van der Waals surface area contributed by atoms with Gasteiger partial charge in [-0.25, -0.2) is 4.79 Å². The Labute approximate surface area is 98.0 Å². The molecule has 0 saturated heterocycles. The molecular weight excluding hydrogens is 226 g/mol. The second-order valence-electron chi connectivity index (χ2n) is 3.68. The van der Waals surface area contributed by atoms with Crippen LogP contribution in [0.3, 0.4) is 0 Å². The van der Waals surface area contributed by atoms with E-state index in [-0.39, 0.29) is 6.42 Å². The fraction of sp³-hybridized carbons (Fsp3) is 0.364. The van der Waals surface area contributed by atoms with E-state index in [2.05, 4.69) is 4.74 Å². The molecule has 0 radical (unpaired) electrons. The minimum atomic E-state index is -2.13. The van der Waals surface area contributed by atoms with Crippen LogP contribution in [0, 0.1) is 10.1 Å². The number of carbonyl (C=O) groups is 1. The summed E-state index contributed by atoms with van der Waals surface area (Å²) in [6, 6.07) is 8.56. The van der Waals surface area contributed by atoms with Crippen LogP contribution in [0.15, 0.2) is 30.3 Å². The zero-order valence-corrected chi connectivity index (χ0v) is 9.33. The Morgan fingerprint density at radius 2 is 2.06 bits per heavy atom. The predicted octanol–water partition coefficient (Wildman–Crippen LogP) is 0.410. The van der Waals surface area contributed by atoms with Gasteiger partial charge in [0.05, 0.1) is 7.11 Å². The largest absolute Gasteiger partial charge is 0.467 e. The van der Waals surface area contributed by atoms with Gasteiger partial charge in [-0.1, -0.05) is 30.3 Å². The molecule has 1 aromatic carbocycles. The molecule has 1 N–H and O–H groups in total. The number of nitrogens with zero attached hydrogens (tertiary/aromatic N) is 1. The number of esters is 1. The molecule has 6 heteroatoms. The summed E-state index contributed by atoms with van der Waals surface area (Å²) in [5, 5.41) is 20.5. The van der Waals surface area contributed by atoms with Crippen molar-refractivity contribution in [2.75, 3.05) is 13.7 Å². The summed E-state index contributed by atoms with van der Waals surface area (Å²) in [5.41, 5.74) is -1.50. The smallest absolute Gasteiger partial charge is 0.345 e. The monoisotopic (exact) mass is 239 g/mol. The van der Waals surface area contributed by atoms with Crippen LogP contribution in [0.4, 0.5) is 0 Å². The SMILES string of the molecule is COC(=O)[C@@](O)(Cc1ccccc1)C[N+](=O)[O-]. The quantitative estimate of drug-likeness (QED) is 0.456. The average Bonchev–Trinajstić information content (AvgIpc) is 2.28. The molecule has 0 saturated carbocycles. The van der Waals surface area contributed by atoms with Gasteiger partial charge in [0.15, 0.2) is 0 Å². The van der Waals surface area contributed by atoms with Gasteiger partial charge >= 0.3 is 5.97 Å². The highest BCUT2D eigenvalue weighted by Gasteiger charge is 2.42. The number of aliphatic hydroxyl groups is 1. The lowest BCUT2D eigenvalue weighted by Crippen LogP contribution is -2.47. The fourth-order valence-electron chi connectivity index (χ4n) is 1.53. The van der Waals surface area contributed by atoms with E-state index < -0.39 is 23.0 Å². The highest BCUT2D eigenvalue weighted by atomic mass is 16.6. The van der Waals surface area contributed by atoms with Crippen LogP contribution < -0.4 is 0 Å². The van der Waals surface area contributed by atoms with E-state index in [0.29, 0.717) is 5.56 Å². The summed E-state index contributed by atoms with van der Waals surface area (Å²) >= 11 is 0. The summed E-state index contributed by atoms with van der Waals surface area (Å²) < 4.78 is 4.40. The third kappa shape index (κ3) is 3.53. The predicted molar refractivity (Wildman–Crippen MR) is 59.0 cm³/mol. The van der Waals surface area contributed by atoms with Crippen molar-refractivity contribution in [3.63, 3.8) is 0 Å². The molecule has 0 fully saturated rings. The van der Waals surface area contributed by atoms with Crippen LogP contribution >= 0.6 is 0 Å². The number of methoxy groups -OCH3 is 1. The van der Waals surface area contributed by atoms with Gasteiger partial charge in [0.1, 0.15) is 0 Å². The number of hydrogen-bond donors (Lipinski definition) is 1. The minimum Gasteiger partial charge on any atom is -0.467 e. The molecule has 6 nitrogen and oxygen atoms in total. The lowest BCUT2D eigenvalue weighted by molar-refractivity contribution is -0.497. The Hall–Kier alpha value is -1.95. The first-order chi connectivity index (χ1) is 7.98. The summed E-state index contributed by atoms with van der Waals surface area (Å²) in [6.45, 7) is -0.880. The van der Waals surface area contributed by atoms with Crippen molar-refractivity contribution < 1.29 is 19.6 Å². The van der Waals surface area contributed by atoms with Crippen molar-refractivity contribution in [3.05, 3.63) is 46.0 Å². The van der Waals surface area contributed by atoms with Gasteiger partial charge in [-0.05, 0) is 5.56 Å². The van der Waals surface area contributed by atoms with E-state index in [1.807, 2.05) is 0 Å². The van der Waals surface area contributed by atoms with E-state index in [1.54, 1.807) is 30.3 Å². The Bertz CT molecular complexity index is 406. The lowest BCUT2D eigenvalue weighted by atomic mass is 9.94. The standard InChI is InChI=1S/C11H13NO5/c1-17-10(13)11(14,8-12(15)16)7-9-5-3-2-4-6-9/h2-6,14H,7-8H2,1H3/t11-/m1/s1. The maximum atomic E-state index is 11.4. The van der Waals surface area contributed by atoms with Gasteiger partial charge in [0, 0.05) is 11.3 Å². The Balaban J connectivity index is 2.91. The van der Waals surface area contributed by atoms with Crippen LogP contribution in [0.2, 0.25) is 0 Å². The first kappa shape index (κ1) is 13.1. The van der Waals surface area contributed by atoms with Gasteiger partial charge < -0.3 is 9.84 Å². The summed E-state index contributed by atoms with van der Waals surface area (Å²) in [5.74, 6) is -1.00. The average molecular weight is 239 g/mol. The molecule has 0 bridgehead atoms. The van der Waals surface area contributed by atoms with Crippen LogP contribution in [-0.2, 0) is 16.0 Å². The van der Waals surface area contributed by atoms with Gasteiger partial charge in [-0.2, -0.15) is 0 Å². The molecule has 1 atom stereocenters. The van der Waals surface area contributed by atoms with E-state index in [0.717, 1.165) is 7.11 Å². The summed E-state index contributed by atoms with van der Waals surface area (Å²) in [7, 11) is 1.08. The van der Waals surface area contributed by atoms with Gasteiger partial charge in [-0.15, -0.1) is 0 Å². The number of benzene rings is 1.